The van der Waals surface area contributed by atoms with Gasteiger partial charge in [0.1, 0.15) is 17.2 Å². The zero-order valence-corrected chi connectivity index (χ0v) is 50.2. The number of rotatable bonds is 16. The SMILES string of the molecule is C.C.Cc1cc(/C=C/C#N)cc(C(=O)c2[nH]c(=O)[nH]c(=O)c2C(C)C)c1.Cc1cc(/C=C/C#N)cc(C(=O)c2c(C(C)C)c(=O)[nH]c(=O)n2Cc2ccnc(C)c2)c1.Cc1cc(/C=C/C#N)cc(C(=O)c2c(C(C)C)c(=O)[nH]c(=O)n2Cc2ccnc(N)c2)c1. The molecule has 8 aromatic rings. The fourth-order valence-electron chi connectivity index (χ4n) is 9.86. The fraction of sp³-hybridized carbons (Fsp3) is 0.246. The number of aromatic nitrogens is 8. The summed E-state index contributed by atoms with van der Waals surface area (Å²) in [7, 11) is 0. The highest BCUT2D eigenvalue weighted by atomic mass is 16.2. The van der Waals surface area contributed by atoms with Crippen LogP contribution in [-0.2, 0) is 13.1 Å². The van der Waals surface area contributed by atoms with Gasteiger partial charge in [0, 0.05) is 69.7 Å². The number of carbonyl (C=O) groups is 3. The van der Waals surface area contributed by atoms with E-state index in [-0.39, 0.29) is 85.3 Å². The van der Waals surface area contributed by atoms with Gasteiger partial charge in [-0.3, -0.25) is 57.8 Å². The number of allylic oxidation sites excluding steroid dienone is 3. The Hall–Kier alpha value is -11.5. The van der Waals surface area contributed by atoms with E-state index in [9.17, 15) is 43.2 Å². The van der Waals surface area contributed by atoms with Gasteiger partial charge in [-0.15, -0.1) is 0 Å². The lowest BCUT2D eigenvalue weighted by Crippen LogP contribution is -2.38. The topological polar surface area (TPSA) is 350 Å². The molecule has 0 unspecified atom stereocenters. The number of benzene rings is 3. The fourth-order valence-corrected chi connectivity index (χ4v) is 9.86. The zero-order chi connectivity index (χ0) is 64.7. The maximum absolute atomic E-state index is 13.7. The second kappa shape index (κ2) is 31.8. The Bertz CT molecular complexity index is 4430. The molecule has 0 aliphatic rings. The quantitative estimate of drug-likeness (QED) is 0.0444. The number of nitriles is 3. The highest BCUT2D eigenvalue weighted by molar-refractivity contribution is 6.10. The van der Waals surface area contributed by atoms with Crippen LogP contribution in [0.2, 0.25) is 0 Å². The number of hydrogen-bond donors (Lipinski definition) is 5. The first kappa shape index (κ1) is 71.0. The second-order valence-electron chi connectivity index (χ2n) is 21.5. The number of carbonyl (C=O) groups excluding carboxylic acids is 3. The Balaban J connectivity index is 0.000000289. The van der Waals surface area contributed by atoms with Crippen LogP contribution in [-0.4, -0.2) is 56.4 Å². The molecule has 6 N–H and O–H groups in total. The maximum Gasteiger partial charge on any atom is 0.329 e. The van der Waals surface area contributed by atoms with Gasteiger partial charge in [-0.1, -0.05) is 74.6 Å². The summed E-state index contributed by atoms with van der Waals surface area (Å²) in [5.74, 6) is -1.84. The van der Waals surface area contributed by atoms with E-state index in [1.807, 2.05) is 84.0 Å². The van der Waals surface area contributed by atoms with E-state index in [0.717, 1.165) is 27.9 Å². The molecule has 5 aromatic heterocycles. The van der Waals surface area contributed by atoms with Crippen LogP contribution in [0.25, 0.3) is 18.2 Å². The van der Waals surface area contributed by atoms with E-state index in [0.29, 0.717) is 38.9 Å². The molecule has 0 atom stereocenters. The number of nitrogen functional groups attached to an aromatic ring is 1. The Kier molecular flexibility index (Phi) is 25.0. The van der Waals surface area contributed by atoms with Crippen LogP contribution in [0.1, 0.15) is 189 Å². The summed E-state index contributed by atoms with van der Waals surface area (Å²) in [6.07, 6.45) is 11.9. The molecule has 462 valence electrons. The van der Waals surface area contributed by atoms with Crippen LogP contribution in [0.15, 0.2) is 138 Å². The molecule has 0 amide bonds. The average molecular weight is 1210 g/mol. The van der Waals surface area contributed by atoms with Gasteiger partial charge in [-0.05, 0) is 169 Å². The number of aryl methyl sites for hydroxylation is 4. The lowest BCUT2D eigenvalue weighted by atomic mass is 9.95. The summed E-state index contributed by atoms with van der Waals surface area (Å²) in [4.78, 5) is 132. The van der Waals surface area contributed by atoms with Crippen LogP contribution in [0.4, 0.5) is 5.82 Å². The van der Waals surface area contributed by atoms with Gasteiger partial charge in [-0.25, -0.2) is 19.4 Å². The van der Waals surface area contributed by atoms with Crippen molar-refractivity contribution in [2.45, 2.75) is 115 Å². The molecule has 8 rings (SSSR count). The van der Waals surface area contributed by atoms with Gasteiger partial charge >= 0.3 is 17.1 Å². The molecule has 0 bridgehead atoms. The van der Waals surface area contributed by atoms with Crippen LogP contribution in [0.5, 0.6) is 0 Å². The normalized spacial score (nSPS) is 10.8. The monoisotopic (exact) mass is 1210 g/mol. The van der Waals surface area contributed by atoms with Gasteiger partial charge < -0.3 is 10.7 Å². The summed E-state index contributed by atoms with van der Waals surface area (Å²) in [6.45, 7) is 18.2. The summed E-state index contributed by atoms with van der Waals surface area (Å²) >= 11 is 0. The van der Waals surface area contributed by atoms with E-state index in [4.69, 9.17) is 21.5 Å². The van der Waals surface area contributed by atoms with Gasteiger partial charge in [0.15, 0.2) is 0 Å². The molecule has 3 aromatic carbocycles. The van der Waals surface area contributed by atoms with E-state index in [2.05, 4.69) is 29.9 Å². The van der Waals surface area contributed by atoms with Crippen molar-refractivity contribution in [2.24, 2.45) is 0 Å². The van der Waals surface area contributed by atoms with E-state index in [1.165, 1.54) is 33.6 Å². The lowest BCUT2D eigenvalue weighted by molar-refractivity contribution is 0.101. The molecule has 0 aliphatic carbocycles. The first-order chi connectivity index (χ1) is 41.7. The third kappa shape index (κ3) is 17.8. The predicted molar refractivity (Wildman–Crippen MR) is 350 cm³/mol. The molecule has 0 fully saturated rings. The summed E-state index contributed by atoms with van der Waals surface area (Å²) in [5, 5.41) is 26.3. The number of nitrogens with two attached hydrogens (primary N) is 1. The molecular weight excluding hydrogens is 1140 g/mol. The van der Waals surface area contributed by atoms with Crippen molar-refractivity contribution < 1.29 is 14.4 Å². The number of nitrogens with one attached hydrogen (secondary N) is 4. The minimum Gasteiger partial charge on any atom is -0.384 e. The van der Waals surface area contributed by atoms with Crippen LogP contribution in [0, 0.1) is 61.7 Å². The minimum absolute atomic E-state index is 0. The number of H-pyrrole nitrogens is 4. The number of anilines is 1. The Morgan fingerprint density at radius 1 is 0.500 bits per heavy atom. The molecule has 0 saturated heterocycles. The number of ketones is 3. The molecule has 0 aliphatic heterocycles. The van der Waals surface area contributed by atoms with Gasteiger partial charge in [-0.2, -0.15) is 15.8 Å². The summed E-state index contributed by atoms with van der Waals surface area (Å²) < 4.78 is 2.59. The smallest absolute Gasteiger partial charge is 0.329 e. The second-order valence-corrected chi connectivity index (χ2v) is 21.5. The van der Waals surface area contributed by atoms with Gasteiger partial charge in [0.2, 0.25) is 17.3 Å². The Morgan fingerprint density at radius 3 is 1.23 bits per heavy atom. The minimum atomic E-state index is -0.718. The van der Waals surface area contributed by atoms with Crippen molar-refractivity contribution in [3.8, 4) is 18.2 Å². The number of aromatic amines is 4. The molecular formula is C69H72N12O9. The Labute approximate surface area is 520 Å². The molecule has 5 heterocycles. The summed E-state index contributed by atoms with van der Waals surface area (Å²) in [6, 6.07) is 28.1. The van der Waals surface area contributed by atoms with Crippen molar-refractivity contribution in [3.05, 3.63) is 273 Å². The van der Waals surface area contributed by atoms with E-state index >= 15 is 0 Å². The highest BCUT2D eigenvalue weighted by Crippen LogP contribution is 2.25. The van der Waals surface area contributed by atoms with Crippen molar-refractivity contribution in [1.29, 1.82) is 15.8 Å². The maximum atomic E-state index is 13.7. The van der Waals surface area contributed by atoms with Crippen LogP contribution in [0.3, 0.4) is 0 Å². The number of pyridine rings is 2. The van der Waals surface area contributed by atoms with Gasteiger partial charge in [0.25, 0.3) is 16.7 Å². The van der Waals surface area contributed by atoms with E-state index < -0.39 is 51.1 Å². The molecule has 0 saturated carbocycles. The average Bonchev–Trinajstić information content (AvgIpc) is 2.63. The first-order valence-corrected chi connectivity index (χ1v) is 27.7. The largest absolute Gasteiger partial charge is 0.384 e. The van der Waals surface area contributed by atoms with Crippen LogP contribution < -0.4 is 39.5 Å². The van der Waals surface area contributed by atoms with Crippen molar-refractivity contribution in [1.82, 2.24) is 39.0 Å². The standard InChI is InChI=1S/C25H24N4O3.C24H23N5O3.C18H17N3O3.2CH4/c1-15(2)21-22(23(30)20-11-16(3)10-18(13-20)6-5-8-26)29(25(32)28-24(21)31)14-19-7-9-27-17(4)12-19;1-14(2)20-21(22(30)18-10-15(3)9-16(11-18)5-4-7-25)29(24(32)28-23(20)31)13-17-6-8-27-19(26)12-17;1-10(2)14-15(20-18(24)21-17(14)23)16(22)13-8-11(3)7-12(9-13)5-4-6-19;;/h5-7,9-13,15H,14H2,1-4H3,(H,28,31,32);4-6,8-12,14H,13H2,1-3H3,(H2,26,27)(H,28,31,32);4-5,7-10H,1-3H3,(H2,20,21,23,24);2*1H4/b6-5+;2*5-4+;;. The lowest BCUT2D eigenvalue weighted by Gasteiger charge is -2.18. The predicted octanol–water partition coefficient (Wildman–Crippen LogP) is 9.78. The zero-order valence-electron chi connectivity index (χ0n) is 50.2. The third-order valence-electron chi connectivity index (χ3n) is 13.5. The number of hydrogen-bond acceptors (Lipinski definition) is 15. The molecule has 90 heavy (non-hydrogen) atoms. The third-order valence-corrected chi connectivity index (χ3v) is 13.5. The number of nitrogens with zero attached hydrogens (tertiary/aromatic N) is 7. The van der Waals surface area contributed by atoms with E-state index in [1.54, 1.807) is 107 Å². The van der Waals surface area contributed by atoms with Crippen molar-refractivity contribution in [2.75, 3.05) is 5.73 Å². The summed E-state index contributed by atoms with van der Waals surface area (Å²) in [5.41, 5.74) is 10.6. The van der Waals surface area contributed by atoms with Gasteiger partial charge in [0.05, 0.1) is 37.0 Å². The highest BCUT2D eigenvalue weighted by Gasteiger charge is 2.27. The van der Waals surface area contributed by atoms with Crippen molar-refractivity contribution >= 4 is 41.4 Å². The molecule has 0 radical (unpaired) electrons. The van der Waals surface area contributed by atoms with Crippen LogP contribution >= 0.6 is 0 Å². The Morgan fingerprint density at radius 2 is 0.867 bits per heavy atom. The molecule has 21 nitrogen and oxygen atoms in total. The van der Waals surface area contributed by atoms with Crippen molar-refractivity contribution in [3.63, 3.8) is 0 Å². The molecule has 0 spiro atoms. The first-order valence-electron chi connectivity index (χ1n) is 27.7. The molecule has 21 heteroatoms.